The number of hydrazone groups is 1. The van der Waals surface area contributed by atoms with Crippen molar-refractivity contribution in [2.24, 2.45) is 15.3 Å². The van der Waals surface area contributed by atoms with Gasteiger partial charge in [0.05, 0.1) is 38.2 Å². The zero-order valence-corrected chi connectivity index (χ0v) is 16.1. The molecule has 0 N–H and O–H groups in total. The van der Waals surface area contributed by atoms with Gasteiger partial charge in [-0.2, -0.15) is 20.3 Å². The van der Waals surface area contributed by atoms with Gasteiger partial charge in [0.25, 0.3) is 5.91 Å². The first kappa shape index (κ1) is 19.8. The molecule has 3 rings (SSSR count). The van der Waals surface area contributed by atoms with Gasteiger partial charge >= 0.3 is 0 Å². The number of nitrogens with zero attached hydrogens (tertiary/aromatic N) is 5. The Morgan fingerprint density at radius 3 is 2.38 bits per heavy atom. The summed E-state index contributed by atoms with van der Waals surface area (Å²) in [6.45, 7) is 1.80. The number of benzene rings is 2. The number of azo groups is 1. The molecule has 0 saturated heterocycles. The summed E-state index contributed by atoms with van der Waals surface area (Å²) in [7, 11) is 6.27. The SMILES string of the molecule is CC1=NN(c2ccccc2)C(=O)C1/N=N/c1cccc([N+](C)(C)C)c1.[Cl-]. The first-order valence-electron chi connectivity index (χ1n) is 8.13. The summed E-state index contributed by atoms with van der Waals surface area (Å²) in [5, 5.41) is 14.3. The summed E-state index contributed by atoms with van der Waals surface area (Å²) >= 11 is 0. The van der Waals surface area contributed by atoms with Gasteiger partial charge < -0.3 is 12.4 Å². The van der Waals surface area contributed by atoms with Crippen LogP contribution in [-0.4, -0.2) is 38.8 Å². The van der Waals surface area contributed by atoms with E-state index in [9.17, 15) is 4.79 Å². The van der Waals surface area contributed by atoms with Crippen molar-refractivity contribution in [1.82, 2.24) is 4.48 Å². The van der Waals surface area contributed by atoms with Crippen LogP contribution in [0, 0.1) is 0 Å². The van der Waals surface area contributed by atoms with Crippen molar-refractivity contribution in [1.29, 1.82) is 0 Å². The van der Waals surface area contributed by atoms with E-state index in [4.69, 9.17) is 0 Å². The maximum Gasteiger partial charge on any atom is 0.280 e. The Bertz CT molecular complexity index is 843. The van der Waals surface area contributed by atoms with E-state index in [1.165, 1.54) is 5.01 Å². The first-order valence-corrected chi connectivity index (χ1v) is 8.13. The molecule has 0 fully saturated rings. The summed E-state index contributed by atoms with van der Waals surface area (Å²) in [4.78, 5) is 12.6. The van der Waals surface area contributed by atoms with Gasteiger partial charge in [0.2, 0.25) is 0 Å². The Kier molecular flexibility index (Phi) is 5.90. The lowest BCUT2D eigenvalue weighted by molar-refractivity contribution is -0.117. The fourth-order valence-electron chi connectivity index (χ4n) is 2.54. The van der Waals surface area contributed by atoms with Crippen LogP contribution in [0.2, 0.25) is 0 Å². The number of para-hydroxylation sites is 1. The second-order valence-corrected chi connectivity index (χ2v) is 6.88. The molecule has 0 spiro atoms. The molecule has 26 heavy (non-hydrogen) atoms. The highest BCUT2D eigenvalue weighted by Crippen LogP contribution is 2.26. The van der Waals surface area contributed by atoms with E-state index >= 15 is 0 Å². The zero-order chi connectivity index (χ0) is 18.0. The number of anilines is 1. The molecule has 1 amide bonds. The molecule has 0 aromatic heterocycles. The maximum atomic E-state index is 12.6. The van der Waals surface area contributed by atoms with E-state index in [1.54, 1.807) is 6.92 Å². The largest absolute Gasteiger partial charge is 1.00 e. The Morgan fingerprint density at radius 1 is 1.04 bits per heavy atom. The Hall–Kier alpha value is -2.57. The predicted octanol–water partition coefficient (Wildman–Crippen LogP) is 0.762. The lowest BCUT2D eigenvalue weighted by Gasteiger charge is -2.23. The summed E-state index contributed by atoms with van der Waals surface area (Å²) in [5.41, 5.74) is 3.21. The summed E-state index contributed by atoms with van der Waals surface area (Å²) in [6.07, 6.45) is 0. The van der Waals surface area contributed by atoms with Crippen molar-refractivity contribution < 1.29 is 17.2 Å². The molecule has 2 aromatic rings. The molecule has 0 aliphatic carbocycles. The number of quaternary nitrogens is 1. The number of hydrogen-bond donors (Lipinski definition) is 0. The van der Waals surface area contributed by atoms with Gasteiger partial charge in [0, 0.05) is 6.07 Å². The average molecular weight is 372 g/mol. The standard InChI is InChI=1S/C19H22N5O.ClH/c1-14-18(19(25)23(22-14)16-10-6-5-7-11-16)21-20-15-9-8-12-17(13-15)24(2,3)4;/h5-13,18H,1-4H3;1H/q+1;/p-1/b21-20+;. The molecule has 7 heteroatoms. The minimum atomic E-state index is -0.673. The maximum absolute atomic E-state index is 12.6. The minimum absolute atomic E-state index is 0. The molecular weight excluding hydrogens is 350 g/mol. The van der Waals surface area contributed by atoms with Gasteiger partial charge in [-0.15, -0.1) is 0 Å². The fourth-order valence-corrected chi connectivity index (χ4v) is 2.54. The van der Waals surface area contributed by atoms with Crippen LogP contribution in [0.4, 0.5) is 17.1 Å². The topological polar surface area (TPSA) is 57.4 Å². The molecule has 1 aliphatic heterocycles. The Labute approximate surface area is 159 Å². The molecule has 1 atom stereocenters. The van der Waals surface area contributed by atoms with Crippen molar-refractivity contribution in [2.45, 2.75) is 13.0 Å². The highest BCUT2D eigenvalue weighted by molar-refractivity contribution is 6.18. The number of carbonyl (C=O) groups is 1. The van der Waals surface area contributed by atoms with Crippen LogP contribution in [-0.2, 0) is 4.79 Å². The number of halogens is 1. The van der Waals surface area contributed by atoms with E-state index in [0.717, 1.165) is 17.1 Å². The lowest BCUT2D eigenvalue weighted by Crippen LogP contribution is -3.00. The van der Waals surface area contributed by atoms with Gasteiger partial charge in [-0.1, -0.05) is 24.3 Å². The van der Waals surface area contributed by atoms with Crippen LogP contribution < -0.4 is 21.9 Å². The smallest absolute Gasteiger partial charge is 0.280 e. The number of rotatable bonds is 4. The van der Waals surface area contributed by atoms with Crippen molar-refractivity contribution in [3.8, 4) is 0 Å². The Balaban J connectivity index is 0.00000243. The molecule has 1 unspecified atom stereocenters. The van der Waals surface area contributed by atoms with Gasteiger partial charge in [0.15, 0.2) is 6.04 Å². The van der Waals surface area contributed by atoms with Crippen LogP contribution in [0.25, 0.3) is 0 Å². The van der Waals surface area contributed by atoms with Crippen LogP contribution in [0.5, 0.6) is 0 Å². The van der Waals surface area contributed by atoms with Crippen molar-refractivity contribution >= 4 is 28.7 Å². The third kappa shape index (κ3) is 4.15. The van der Waals surface area contributed by atoms with E-state index < -0.39 is 6.04 Å². The number of amides is 1. The predicted molar refractivity (Wildman–Crippen MR) is 101 cm³/mol. The molecular formula is C19H22ClN5O. The molecule has 2 aromatic carbocycles. The van der Waals surface area contributed by atoms with Gasteiger partial charge in [-0.25, -0.2) is 0 Å². The van der Waals surface area contributed by atoms with Crippen LogP contribution in [0.15, 0.2) is 69.9 Å². The lowest BCUT2D eigenvalue weighted by atomic mass is 10.2. The summed E-state index contributed by atoms with van der Waals surface area (Å²) in [5.74, 6) is -0.185. The highest BCUT2D eigenvalue weighted by atomic mass is 35.5. The van der Waals surface area contributed by atoms with E-state index in [-0.39, 0.29) is 18.3 Å². The summed E-state index contributed by atoms with van der Waals surface area (Å²) < 4.78 is 0.688. The van der Waals surface area contributed by atoms with Gasteiger partial charge in [0.1, 0.15) is 5.69 Å². The highest BCUT2D eigenvalue weighted by Gasteiger charge is 2.34. The third-order valence-corrected chi connectivity index (χ3v) is 3.99. The third-order valence-electron chi connectivity index (χ3n) is 3.99. The van der Waals surface area contributed by atoms with Crippen LogP contribution in [0.1, 0.15) is 6.92 Å². The zero-order valence-electron chi connectivity index (χ0n) is 15.3. The van der Waals surface area contributed by atoms with Crippen molar-refractivity contribution in [3.63, 3.8) is 0 Å². The average Bonchev–Trinajstić information content (AvgIpc) is 2.88. The van der Waals surface area contributed by atoms with Crippen molar-refractivity contribution in [2.75, 3.05) is 26.2 Å². The van der Waals surface area contributed by atoms with Crippen LogP contribution in [0.3, 0.4) is 0 Å². The van der Waals surface area contributed by atoms with E-state index in [0.29, 0.717) is 10.2 Å². The van der Waals surface area contributed by atoms with Gasteiger partial charge in [-0.3, -0.25) is 9.28 Å². The number of carbonyl (C=O) groups excluding carboxylic acids is 1. The molecule has 136 valence electrons. The molecule has 1 aliphatic rings. The van der Waals surface area contributed by atoms with E-state index in [1.807, 2.05) is 54.6 Å². The second kappa shape index (κ2) is 7.76. The molecule has 0 saturated carbocycles. The Morgan fingerprint density at radius 2 is 1.73 bits per heavy atom. The van der Waals surface area contributed by atoms with E-state index in [2.05, 4.69) is 36.5 Å². The quantitative estimate of drug-likeness (QED) is 0.578. The second-order valence-electron chi connectivity index (χ2n) is 6.88. The normalized spacial score (nSPS) is 17.4. The molecule has 0 bridgehead atoms. The van der Waals surface area contributed by atoms with Crippen molar-refractivity contribution in [3.05, 3.63) is 54.6 Å². The molecule has 6 nitrogen and oxygen atoms in total. The van der Waals surface area contributed by atoms with Crippen LogP contribution >= 0.6 is 0 Å². The first-order chi connectivity index (χ1) is 11.9. The summed E-state index contributed by atoms with van der Waals surface area (Å²) in [6, 6.07) is 16.5. The monoisotopic (exact) mass is 371 g/mol. The van der Waals surface area contributed by atoms with Gasteiger partial charge in [-0.05, 0) is 31.2 Å². The minimum Gasteiger partial charge on any atom is -1.00 e. The molecule has 0 radical (unpaired) electrons. The fraction of sp³-hybridized carbons (Fsp3) is 0.263. The molecule has 1 heterocycles. The number of hydrogen-bond acceptors (Lipinski definition) is 4.